The molecule has 6 heteroatoms. The minimum absolute atomic E-state index is 0.501. The SMILES string of the molecule is CSNCc1cc(C)cc(-c2c[nH]c3ncnc(N)c23)c1. The Bertz CT molecular complexity index is 781. The summed E-state index contributed by atoms with van der Waals surface area (Å²) in [5.41, 5.74) is 11.4. The van der Waals surface area contributed by atoms with Gasteiger partial charge >= 0.3 is 0 Å². The maximum absolute atomic E-state index is 6.01. The molecule has 0 atom stereocenters. The number of anilines is 1. The van der Waals surface area contributed by atoms with Gasteiger partial charge in [-0.1, -0.05) is 29.6 Å². The molecule has 0 radical (unpaired) electrons. The van der Waals surface area contributed by atoms with Crippen LogP contribution in [-0.2, 0) is 6.54 Å². The highest BCUT2D eigenvalue weighted by atomic mass is 32.2. The lowest BCUT2D eigenvalue weighted by Crippen LogP contribution is -2.02. The van der Waals surface area contributed by atoms with Crippen LogP contribution in [0.1, 0.15) is 11.1 Å². The number of H-pyrrole nitrogens is 1. The third-order valence-corrected chi connectivity index (χ3v) is 3.80. The molecule has 0 unspecified atom stereocenters. The Morgan fingerprint density at radius 3 is 2.95 bits per heavy atom. The highest BCUT2D eigenvalue weighted by Gasteiger charge is 2.11. The topological polar surface area (TPSA) is 79.6 Å². The van der Waals surface area contributed by atoms with Crippen molar-refractivity contribution in [2.24, 2.45) is 0 Å². The number of aryl methyl sites for hydroxylation is 1. The number of rotatable bonds is 4. The van der Waals surface area contributed by atoms with Crippen molar-refractivity contribution in [1.29, 1.82) is 0 Å². The van der Waals surface area contributed by atoms with Crippen LogP contribution >= 0.6 is 11.9 Å². The van der Waals surface area contributed by atoms with E-state index in [4.69, 9.17) is 5.73 Å². The summed E-state index contributed by atoms with van der Waals surface area (Å²) in [6.07, 6.45) is 5.44. The van der Waals surface area contributed by atoms with E-state index >= 15 is 0 Å². The van der Waals surface area contributed by atoms with E-state index in [1.165, 1.54) is 17.5 Å². The highest BCUT2D eigenvalue weighted by Crippen LogP contribution is 2.31. The normalized spacial score (nSPS) is 11.1. The van der Waals surface area contributed by atoms with Gasteiger partial charge in [0.2, 0.25) is 0 Å². The van der Waals surface area contributed by atoms with Crippen LogP contribution in [0.15, 0.2) is 30.7 Å². The Morgan fingerprint density at radius 2 is 2.14 bits per heavy atom. The van der Waals surface area contributed by atoms with Gasteiger partial charge < -0.3 is 10.7 Å². The van der Waals surface area contributed by atoms with Crippen LogP contribution in [0, 0.1) is 6.92 Å². The van der Waals surface area contributed by atoms with E-state index < -0.39 is 0 Å². The Hall–Kier alpha value is -2.05. The maximum Gasteiger partial charge on any atom is 0.143 e. The number of benzene rings is 1. The largest absolute Gasteiger partial charge is 0.383 e. The average Bonchev–Trinajstić information content (AvgIpc) is 2.90. The Balaban J connectivity index is 2.12. The first kappa shape index (κ1) is 13.9. The van der Waals surface area contributed by atoms with E-state index in [2.05, 4.69) is 44.8 Å². The summed E-state index contributed by atoms with van der Waals surface area (Å²) in [5, 5.41) is 0.881. The van der Waals surface area contributed by atoms with E-state index in [1.807, 2.05) is 12.5 Å². The van der Waals surface area contributed by atoms with Crippen molar-refractivity contribution in [3.8, 4) is 11.1 Å². The molecule has 0 saturated carbocycles. The predicted molar refractivity (Wildman–Crippen MR) is 88.8 cm³/mol. The Morgan fingerprint density at radius 1 is 1.29 bits per heavy atom. The van der Waals surface area contributed by atoms with Crippen LogP contribution in [0.4, 0.5) is 5.82 Å². The molecule has 21 heavy (non-hydrogen) atoms. The minimum Gasteiger partial charge on any atom is -0.383 e. The molecule has 0 fully saturated rings. The van der Waals surface area contributed by atoms with E-state index in [0.717, 1.165) is 28.7 Å². The van der Waals surface area contributed by atoms with Gasteiger partial charge in [0.1, 0.15) is 17.8 Å². The van der Waals surface area contributed by atoms with Crippen molar-refractivity contribution in [2.45, 2.75) is 13.5 Å². The highest BCUT2D eigenvalue weighted by molar-refractivity contribution is 7.96. The van der Waals surface area contributed by atoms with Gasteiger partial charge in [-0.2, -0.15) is 0 Å². The van der Waals surface area contributed by atoms with Crippen LogP contribution < -0.4 is 10.5 Å². The van der Waals surface area contributed by atoms with Crippen LogP contribution in [0.25, 0.3) is 22.2 Å². The molecule has 0 amide bonds. The van der Waals surface area contributed by atoms with Gasteiger partial charge in [-0.05, 0) is 30.4 Å². The Kier molecular flexibility index (Phi) is 3.81. The molecular weight excluding hydrogens is 282 g/mol. The standard InChI is InChI=1S/C15H17N5S/c1-9-3-10(6-20-21-2)5-11(4-9)12-7-17-15-13(12)14(16)18-8-19-15/h3-5,7-8,20H,6H2,1-2H3,(H3,16,17,18,19). The van der Waals surface area contributed by atoms with Crippen LogP contribution in [0.3, 0.4) is 0 Å². The van der Waals surface area contributed by atoms with Crippen LogP contribution in [0.2, 0.25) is 0 Å². The van der Waals surface area contributed by atoms with Crippen LogP contribution in [0.5, 0.6) is 0 Å². The molecule has 1 aromatic carbocycles. The molecule has 0 aliphatic carbocycles. The number of aromatic nitrogens is 3. The summed E-state index contributed by atoms with van der Waals surface area (Å²) < 4.78 is 3.27. The number of nitrogen functional groups attached to an aromatic ring is 1. The smallest absolute Gasteiger partial charge is 0.143 e. The van der Waals surface area contributed by atoms with Crippen molar-refractivity contribution in [1.82, 2.24) is 19.7 Å². The van der Waals surface area contributed by atoms with Gasteiger partial charge in [0.05, 0.1) is 5.39 Å². The number of fused-ring (bicyclic) bond motifs is 1. The van der Waals surface area contributed by atoms with E-state index in [9.17, 15) is 0 Å². The van der Waals surface area contributed by atoms with Crippen LogP contribution in [-0.4, -0.2) is 21.2 Å². The summed E-state index contributed by atoms with van der Waals surface area (Å²) in [6.45, 7) is 2.92. The number of nitrogens with two attached hydrogens (primary N) is 1. The molecule has 4 N–H and O–H groups in total. The first-order chi connectivity index (χ1) is 10.2. The maximum atomic E-state index is 6.01. The summed E-state index contributed by atoms with van der Waals surface area (Å²) in [7, 11) is 0. The molecule has 2 heterocycles. The predicted octanol–water partition coefficient (Wildman–Crippen LogP) is 2.88. The second kappa shape index (κ2) is 5.75. The van der Waals surface area contributed by atoms with Crippen molar-refractivity contribution in [2.75, 3.05) is 12.0 Å². The van der Waals surface area contributed by atoms with Gasteiger partial charge in [0.15, 0.2) is 0 Å². The lowest BCUT2D eigenvalue weighted by molar-refractivity contribution is 0.977. The lowest BCUT2D eigenvalue weighted by atomic mass is 10.0. The van der Waals surface area contributed by atoms with Gasteiger partial charge in [0.25, 0.3) is 0 Å². The third-order valence-electron chi connectivity index (χ3n) is 3.37. The number of hydrogen-bond donors (Lipinski definition) is 3. The molecule has 3 rings (SSSR count). The van der Waals surface area contributed by atoms with Crippen molar-refractivity contribution < 1.29 is 0 Å². The number of nitrogens with zero attached hydrogens (tertiary/aromatic N) is 2. The zero-order chi connectivity index (χ0) is 14.8. The monoisotopic (exact) mass is 299 g/mol. The summed E-state index contributed by atoms with van der Waals surface area (Å²) in [6, 6.07) is 6.50. The third kappa shape index (κ3) is 2.72. The number of hydrogen-bond acceptors (Lipinski definition) is 5. The second-order valence-corrected chi connectivity index (χ2v) is 5.61. The molecule has 0 aliphatic heterocycles. The second-order valence-electron chi connectivity index (χ2n) is 4.92. The molecule has 0 bridgehead atoms. The first-order valence-electron chi connectivity index (χ1n) is 6.63. The van der Waals surface area contributed by atoms with E-state index in [1.54, 1.807) is 11.9 Å². The lowest BCUT2D eigenvalue weighted by Gasteiger charge is -2.08. The molecular formula is C15H17N5S. The van der Waals surface area contributed by atoms with E-state index in [0.29, 0.717) is 5.82 Å². The molecule has 5 nitrogen and oxygen atoms in total. The molecule has 2 aromatic heterocycles. The molecule has 0 aliphatic rings. The number of aromatic amines is 1. The summed E-state index contributed by atoms with van der Waals surface area (Å²) >= 11 is 1.61. The molecule has 3 aromatic rings. The quantitative estimate of drug-likeness (QED) is 0.646. The Labute approximate surface area is 127 Å². The molecule has 0 spiro atoms. The average molecular weight is 299 g/mol. The van der Waals surface area contributed by atoms with Crippen molar-refractivity contribution >= 4 is 28.8 Å². The zero-order valence-corrected chi connectivity index (χ0v) is 12.8. The van der Waals surface area contributed by atoms with Gasteiger partial charge in [0, 0.05) is 18.3 Å². The van der Waals surface area contributed by atoms with E-state index in [-0.39, 0.29) is 0 Å². The zero-order valence-electron chi connectivity index (χ0n) is 12.0. The molecule has 108 valence electrons. The van der Waals surface area contributed by atoms with Gasteiger partial charge in [-0.15, -0.1) is 0 Å². The number of nitrogens with one attached hydrogen (secondary N) is 2. The first-order valence-corrected chi connectivity index (χ1v) is 7.86. The van der Waals surface area contributed by atoms with Crippen molar-refractivity contribution in [3.63, 3.8) is 0 Å². The minimum atomic E-state index is 0.501. The summed E-state index contributed by atoms with van der Waals surface area (Å²) in [5.74, 6) is 0.501. The van der Waals surface area contributed by atoms with Gasteiger partial charge in [-0.25, -0.2) is 9.97 Å². The fraction of sp³-hybridized carbons (Fsp3) is 0.200. The molecule has 0 saturated heterocycles. The fourth-order valence-corrected chi connectivity index (χ4v) is 2.80. The van der Waals surface area contributed by atoms with Crippen molar-refractivity contribution in [3.05, 3.63) is 41.9 Å². The fourth-order valence-electron chi connectivity index (χ4n) is 2.49. The summed E-state index contributed by atoms with van der Waals surface area (Å²) in [4.78, 5) is 11.5. The van der Waals surface area contributed by atoms with Gasteiger partial charge in [-0.3, -0.25) is 4.72 Å².